The van der Waals surface area contributed by atoms with Crippen LogP contribution in [0.3, 0.4) is 0 Å². The Hall–Kier alpha value is -1.34. The van der Waals surface area contributed by atoms with Crippen molar-refractivity contribution in [1.82, 2.24) is 4.98 Å². The van der Waals surface area contributed by atoms with Crippen LogP contribution in [0.25, 0.3) is 0 Å². The van der Waals surface area contributed by atoms with Crippen molar-refractivity contribution < 1.29 is 13.2 Å². The summed E-state index contributed by atoms with van der Waals surface area (Å²) < 4.78 is 29.0. The molecular formula is C9H15N3O3S. The van der Waals surface area contributed by atoms with Gasteiger partial charge in [0.05, 0.1) is 24.7 Å². The molecule has 16 heavy (non-hydrogen) atoms. The number of rotatable bonds is 6. The van der Waals surface area contributed by atoms with Crippen LogP contribution in [-0.4, -0.2) is 39.9 Å². The van der Waals surface area contributed by atoms with Gasteiger partial charge >= 0.3 is 0 Å². The molecule has 0 bridgehead atoms. The summed E-state index contributed by atoms with van der Waals surface area (Å²) in [5, 5.41) is 3.07. The number of sulfonamides is 1. The van der Waals surface area contributed by atoms with E-state index in [0.717, 1.165) is 11.9 Å². The highest BCUT2D eigenvalue weighted by Gasteiger charge is 2.02. The number of hydrogen-bond acceptors (Lipinski definition) is 5. The molecule has 1 heterocycles. The first kappa shape index (κ1) is 12.7. The lowest BCUT2D eigenvalue weighted by molar-refractivity contribution is 0.211. The van der Waals surface area contributed by atoms with E-state index in [1.807, 2.05) is 0 Å². The van der Waals surface area contributed by atoms with Crippen LogP contribution in [0.2, 0.25) is 0 Å². The lowest BCUT2D eigenvalue weighted by atomic mass is 10.4. The molecule has 0 aliphatic carbocycles. The third-order valence-corrected chi connectivity index (χ3v) is 2.27. The molecule has 7 heteroatoms. The van der Waals surface area contributed by atoms with E-state index in [-0.39, 0.29) is 0 Å². The average molecular weight is 245 g/mol. The Morgan fingerprint density at radius 2 is 2.19 bits per heavy atom. The molecule has 0 radical (unpaired) electrons. The summed E-state index contributed by atoms with van der Waals surface area (Å²) in [7, 11) is -1.64. The summed E-state index contributed by atoms with van der Waals surface area (Å²) in [6, 6.07) is 3.34. The maximum Gasteiger partial charge on any atom is 0.230 e. The summed E-state index contributed by atoms with van der Waals surface area (Å²) in [5.74, 6) is 0.305. The Morgan fingerprint density at radius 3 is 2.69 bits per heavy atom. The van der Waals surface area contributed by atoms with Crippen molar-refractivity contribution in [2.45, 2.75) is 0 Å². The second-order valence-electron chi connectivity index (χ2n) is 3.23. The molecule has 6 nitrogen and oxygen atoms in total. The van der Waals surface area contributed by atoms with Crippen molar-refractivity contribution >= 4 is 21.5 Å². The molecule has 2 N–H and O–H groups in total. The SMILES string of the molecule is COCCNc1ccc(NS(C)(=O)=O)nc1. The second kappa shape index (κ2) is 5.66. The number of nitrogens with one attached hydrogen (secondary N) is 2. The van der Waals surface area contributed by atoms with Crippen LogP contribution in [0.15, 0.2) is 18.3 Å². The molecule has 0 aliphatic heterocycles. The minimum absolute atomic E-state index is 0.305. The molecule has 0 aromatic carbocycles. The number of hydrogen-bond donors (Lipinski definition) is 2. The minimum Gasteiger partial charge on any atom is -0.383 e. The number of pyridine rings is 1. The van der Waals surface area contributed by atoms with E-state index in [1.54, 1.807) is 25.4 Å². The topological polar surface area (TPSA) is 80.3 Å². The van der Waals surface area contributed by atoms with Crippen molar-refractivity contribution in [2.75, 3.05) is 36.6 Å². The zero-order valence-electron chi connectivity index (χ0n) is 9.23. The summed E-state index contributed by atoms with van der Waals surface area (Å²) in [4.78, 5) is 3.95. The molecule has 0 aliphatic rings. The third-order valence-electron chi connectivity index (χ3n) is 1.69. The van der Waals surface area contributed by atoms with E-state index >= 15 is 0 Å². The standard InChI is InChI=1S/C9H15N3O3S/c1-15-6-5-10-8-3-4-9(11-7-8)12-16(2,13)14/h3-4,7,10H,5-6H2,1-2H3,(H,11,12). The minimum atomic E-state index is -3.26. The summed E-state index contributed by atoms with van der Waals surface area (Å²) >= 11 is 0. The number of nitrogens with zero attached hydrogens (tertiary/aromatic N) is 1. The predicted molar refractivity (Wildman–Crippen MR) is 63.1 cm³/mol. The Bertz CT molecular complexity index is 416. The molecule has 0 amide bonds. The van der Waals surface area contributed by atoms with Gasteiger partial charge in [-0.15, -0.1) is 0 Å². The van der Waals surface area contributed by atoms with Crippen LogP contribution in [0.5, 0.6) is 0 Å². The smallest absolute Gasteiger partial charge is 0.230 e. The molecule has 90 valence electrons. The Labute approximate surface area is 95.1 Å². The number of aromatic nitrogens is 1. The van der Waals surface area contributed by atoms with Gasteiger partial charge in [0.1, 0.15) is 5.82 Å². The molecule has 0 unspecified atom stereocenters. The lowest BCUT2D eigenvalue weighted by Gasteiger charge is -2.06. The fraction of sp³-hybridized carbons (Fsp3) is 0.444. The Morgan fingerprint density at radius 1 is 1.44 bits per heavy atom. The van der Waals surface area contributed by atoms with Gasteiger partial charge in [-0.05, 0) is 12.1 Å². The molecule has 0 saturated carbocycles. The van der Waals surface area contributed by atoms with Crippen LogP contribution < -0.4 is 10.0 Å². The first-order valence-electron chi connectivity index (χ1n) is 4.68. The quantitative estimate of drug-likeness (QED) is 0.714. The van der Waals surface area contributed by atoms with Gasteiger partial charge in [0.25, 0.3) is 0 Å². The van der Waals surface area contributed by atoms with Crippen molar-refractivity contribution in [3.05, 3.63) is 18.3 Å². The first-order chi connectivity index (χ1) is 7.51. The molecule has 0 saturated heterocycles. The maximum atomic E-state index is 10.9. The van der Waals surface area contributed by atoms with E-state index < -0.39 is 10.0 Å². The predicted octanol–water partition coefficient (Wildman–Crippen LogP) is 0.511. The van der Waals surface area contributed by atoms with E-state index in [1.165, 1.54) is 0 Å². The highest BCUT2D eigenvalue weighted by Crippen LogP contribution is 2.09. The van der Waals surface area contributed by atoms with Crippen LogP contribution >= 0.6 is 0 Å². The second-order valence-corrected chi connectivity index (χ2v) is 4.97. The Balaban J connectivity index is 2.54. The zero-order chi connectivity index (χ0) is 12.0. The molecule has 0 atom stereocenters. The van der Waals surface area contributed by atoms with E-state index in [2.05, 4.69) is 15.0 Å². The molecule has 1 rings (SSSR count). The first-order valence-corrected chi connectivity index (χ1v) is 6.57. The van der Waals surface area contributed by atoms with Crippen molar-refractivity contribution in [1.29, 1.82) is 0 Å². The van der Waals surface area contributed by atoms with Gasteiger partial charge in [-0.3, -0.25) is 4.72 Å². The zero-order valence-corrected chi connectivity index (χ0v) is 10.0. The highest BCUT2D eigenvalue weighted by atomic mass is 32.2. The van der Waals surface area contributed by atoms with Crippen LogP contribution in [-0.2, 0) is 14.8 Å². The van der Waals surface area contributed by atoms with Crippen molar-refractivity contribution in [3.8, 4) is 0 Å². The van der Waals surface area contributed by atoms with Gasteiger partial charge in [0, 0.05) is 13.7 Å². The van der Waals surface area contributed by atoms with E-state index in [4.69, 9.17) is 4.74 Å². The van der Waals surface area contributed by atoms with Crippen LogP contribution in [0, 0.1) is 0 Å². The van der Waals surface area contributed by atoms with Crippen molar-refractivity contribution in [2.24, 2.45) is 0 Å². The number of anilines is 2. The summed E-state index contributed by atoms with van der Waals surface area (Å²) in [6.07, 6.45) is 2.64. The average Bonchev–Trinajstić information content (AvgIpc) is 2.19. The van der Waals surface area contributed by atoms with Crippen molar-refractivity contribution in [3.63, 3.8) is 0 Å². The monoisotopic (exact) mass is 245 g/mol. The van der Waals surface area contributed by atoms with Gasteiger partial charge in [-0.25, -0.2) is 13.4 Å². The van der Waals surface area contributed by atoms with Gasteiger partial charge in [-0.1, -0.05) is 0 Å². The van der Waals surface area contributed by atoms with E-state index in [9.17, 15) is 8.42 Å². The summed E-state index contributed by atoms with van der Waals surface area (Å²) in [6.45, 7) is 1.28. The Kier molecular flexibility index (Phi) is 4.51. The van der Waals surface area contributed by atoms with Gasteiger partial charge in [0.15, 0.2) is 0 Å². The molecule has 0 spiro atoms. The van der Waals surface area contributed by atoms with E-state index in [0.29, 0.717) is 19.0 Å². The van der Waals surface area contributed by atoms with Gasteiger partial charge in [-0.2, -0.15) is 0 Å². The number of methoxy groups -OCH3 is 1. The van der Waals surface area contributed by atoms with Gasteiger partial charge in [0.2, 0.25) is 10.0 Å². The largest absolute Gasteiger partial charge is 0.383 e. The van der Waals surface area contributed by atoms with Gasteiger partial charge < -0.3 is 10.1 Å². The van der Waals surface area contributed by atoms with Crippen LogP contribution in [0.4, 0.5) is 11.5 Å². The fourth-order valence-electron chi connectivity index (χ4n) is 1.05. The normalized spacial score (nSPS) is 11.1. The third kappa shape index (κ3) is 4.94. The lowest BCUT2D eigenvalue weighted by Crippen LogP contribution is -2.11. The molecule has 0 fully saturated rings. The molecule has 1 aromatic heterocycles. The van der Waals surface area contributed by atoms with Crippen LogP contribution in [0.1, 0.15) is 0 Å². The molecular weight excluding hydrogens is 230 g/mol. The number of ether oxygens (including phenoxy) is 1. The highest BCUT2D eigenvalue weighted by molar-refractivity contribution is 7.92. The fourth-order valence-corrected chi connectivity index (χ4v) is 1.55. The molecule has 1 aromatic rings. The summed E-state index contributed by atoms with van der Waals surface area (Å²) in [5.41, 5.74) is 0.816. The maximum absolute atomic E-state index is 10.9.